The third kappa shape index (κ3) is 2.98. The van der Waals surface area contributed by atoms with Crippen LogP contribution in [0.15, 0.2) is 46.2 Å². The van der Waals surface area contributed by atoms with Crippen molar-refractivity contribution in [1.82, 2.24) is 10.3 Å². The Morgan fingerprint density at radius 2 is 1.96 bits per heavy atom. The van der Waals surface area contributed by atoms with Crippen molar-refractivity contribution in [3.8, 4) is 0 Å². The van der Waals surface area contributed by atoms with Crippen LogP contribution in [0.2, 0.25) is 0 Å². The van der Waals surface area contributed by atoms with Gasteiger partial charge < -0.3 is 21.7 Å². The van der Waals surface area contributed by atoms with Crippen LogP contribution in [-0.4, -0.2) is 17.4 Å². The fourth-order valence-electron chi connectivity index (χ4n) is 3.49. The first-order chi connectivity index (χ1) is 13.5. The maximum atomic E-state index is 12.3. The zero-order chi connectivity index (χ0) is 19.8. The van der Waals surface area contributed by atoms with Gasteiger partial charge >= 0.3 is 0 Å². The predicted molar refractivity (Wildman–Crippen MR) is 107 cm³/mol. The zero-order valence-electron chi connectivity index (χ0n) is 15.1. The van der Waals surface area contributed by atoms with Crippen molar-refractivity contribution in [2.24, 2.45) is 0 Å². The van der Waals surface area contributed by atoms with Crippen molar-refractivity contribution in [3.63, 3.8) is 0 Å². The minimum Gasteiger partial charge on any atom is -0.398 e. The van der Waals surface area contributed by atoms with Gasteiger partial charge in [0.15, 0.2) is 0 Å². The van der Waals surface area contributed by atoms with Crippen LogP contribution < -0.4 is 32.5 Å². The summed E-state index contributed by atoms with van der Waals surface area (Å²) in [6.07, 6.45) is 3.72. The molecule has 1 aliphatic heterocycles. The number of fused-ring (bicyclic) bond motifs is 1. The number of carbonyl (C=O) groups is 1. The van der Waals surface area contributed by atoms with Gasteiger partial charge in [0.1, 0.15) is 11.4 Å². The van der Waals surface area contributed by atoms with E-state index < -0.39 is 10.9 Å². The molecule has 0 bridgehead atoms. The molecule has 1 aromatic heterocycles. The van der Waals surface area contributed by atoms with Crippen molar-refractivity contribution in [2.45, 2.75) is 19.5 Å². The highest BCUT2D eigenvalue weighted by molar-refractivity contribution is 5.98. The smallest absolute Gasteiger partial charge is 0.255 e. The number of rotatable bonds is 4. The molecule has 0 fully saturated rings. The predicted octanol–water partition coefficient (Wildman–Crippen LogP) is 0.335. The summed E-state index contributed by atoms with van der Waals surface area (Å²) >= 11 is 0. The SMILES string of the molecule is Nc1ccncc1C(=O)NCc1ccc2c(c1)CN(c1c(N)c(=O)c1=O)CC2. The number of hydrogen-bond donors (Lipinski definition) is 3. The number of nitrogens with one attached hydrogen (secondary N) is 1. The van der Waals surface area contributed by atoms with Gasteiger partial charge in [-0.1, -0.05) is 18.2 Å². The van der Waals surface area contributed by atoms with Gasteiger partial charge in [-0.2, -0.15) is 0 Å². The third-order valence-electron chi connectivity index (χ3n) is 5.07. The van der Waals surface area contributed by atoms with Crippen molar-refractivity contribution in [1.29, 1.82) is 0 Å². The molecule has 0 spiro atoms. The summed E-state index contributed by atoms with van der Waals surface area (Å²) in [5, 5.41) is 2.84. The van der Waals surface area contributed by atoms with E-state index in [-0.39, 0.29) is 11.6 Å². The molecule has 0 saturated carbocycles. The minimum absolute atomic E-state index is 0.0472. The Bertz CT molecular complexity index is 1150. The molecule has 3 aromatic rings. The van der Waals surface area contributed by atoms with E-state index >= 15 is 0 Å². The average Bonchev–Trinajstić information content (AvgIpc) is 2.72. The Morgan fingerprint density at radius 1 is 1.14 bits per heavy atom. The van der Waals surface area contributed by atoms with Gasteiger partial charge in [0.25, 0.3) is 16.8 Å². The standard InChI is InChI=1S/C20H19N5O3/c21-15-3-5-23-9-14(15)20(28)24-8-11-1-2-12-4-6-25(10-13(12)7-11)17-16(22)18(26)19(17)27/h1-3,5,7,9H,4,6,8,10,22H2,(H2,21,23)(H,24,28). The topological polar surface area (TPSA) is 131 Å². The minimum atomic E-state index is -0.605. The number of hydrogen-bond acceptors (Lipinski definition) is 7. The molecule has 0 radical (unpaired) electrons. The van der Waals surface area contributed by atoms with E-state index in [1.807, 2.05) is 23.1 Å². The molecule has 8 heteroatoms. The summed E-state index contributed by atoms with van der Waals surface area (Å²) in [5.74, 6) is -0.290. The van der Waals surface area contributed by atoms with Crippen LogP contribution in [0.1, 0.15) is 27.0 Å². The number of nitrogens with zero attached hydrogens (tertiary/aromatic N) is 2. The van der Waals surface area contributed by atoms with Gasteiger partial charge in [0.2, 0.25) is 0 Å². The normalized spacial score (nSPS) is 13.4. The molecule has 0 aliphatic carbocycles. The van der Waals surface area contributed by atoms with Crippen LogP contribution in [0.25, 0.3) is 0 Å². The lowest BCUT2D eigenvalue weighted by atomic mass is 9.96. The van der Waals surface area contributed by atoms with E-state index in [2.05, 4.69) is 10.3 Å². The highest BCUT2D eigenvalue weighted by Crippen LogP contribution is 2.26. The summed E-state index contributed by atoms with van der Waals surface area (Å²) in [6, 6.07) is 7.57. The van der Waals surface area contributed by atoms with Crippen LogP contribution in [0, 0.1) is 0 Å². The fraction of sp³-hybridized carbons (Fsp3) is 0.200. The molecule has 4 rings (SSSR count). The second kappa shape index (κ2) is 6.80. The monoisotopic (exact) mass is 377 g/mol. The first-order valence-corrected chi connectivity index (χ1v) is 8.88. The molecule has 5 N–H and O–H groups in total. The quantitative estimate of drug-likeness (QED) is 0.559. The van der Waals surface area contributed by atoms with Crippen LogP contribution in [0.3, 0.4) is 0 Å². The fourth-order valence-corrected chi connectivity index (χ4v) is 3.49. The van der Waals surface area contributed by atoms with E-state index in [0.717, 1.165) is 17.5 Å². The Morgan fingerprint density at radius 3 is 2.71 bits per heavy atom. The maximum Gasteiger partial charge on any atom is 0.255 e. The van der Waals surface area contributed by atoms with Gasteiger partial charge in [-0.25, -0.2) is 0 Å². The summed E-state index contributed by atoms with van der Waals surface area (Å²) in [5.41, 5.74) is 14.6. The van der Waals surface area contributed by atoms with Gasteiger partial charge in [-0.15, -0.1) is 0 Å². The summed E-state index contributed by atoms with van der Waals surface area (Å²) < 4.78 is 0. The second-order valence-corrected chi connectivity index (χ2v) is 6.84. The lowest BCUT2D eigenvalue weighted by molar-refractivity contribution is 0.0951. The Labute approximate surface area is 160 Å². The summed E-state index contributed by atoms with van der Waals surface area (Å²) in [4.78, 5) is 41.2. The van der Waals surface area contributed by atoms with Crippen LogP contribution in [0.5, 0.6) is 0 Å². The van der Waals surface area contributed by atoms with E-state index in [4.69, 9.17) is 11.5 Å². The largest absolute Gasteiger partial charge is 0.398 e. The molecule has 2 aromatic carbocycles. The molecule has 0 saturated heterocycles. The Kier molecular flexibility index (Phi) is 4.31. The van der Waals surface area contributed by atoms with E-state index in [0.29, 0.717) is 36.6 Å². The number of anilines is 3. The molecule has 28 heavy (non-hydrogen) atoms. The molecule has 1 amide bonds. The molecule has 0 unspecified atom stereocenters. The van der Waals surface area contributed by atoms with Crippen molar-refractivity contribution in [3.05, 3.63) is 79.4 Å². The van der Waals surface area contributed by atoms with Crippen molar-refractivity contribution < 1.29 is 4.79 Å². The van der Waals surface area contributed by atoms with E-state index in [1.54, 1.807) is 6.07 Å². The van der Waals surface area contributed by atoms with Crippen LogP contribution in [-0.2, 0) is 19.5 Å². The average molecular weight is 377 g/mol. The highest BCUT2D eigenvalue weighted by Gasteiger charge is 2.26. The van der Waals surface area contributed by atoms with Crippen molar-refractivity contribution >= 4 is 23.0 Å². The molecule has 0 atom stereocenters. The van der Waals surface area contributed by atoms with Crippen LogP contribution in [0.4, 0.5) is 17.1 Å². The highest BCUT2D eigenvalue weighted by atomic mass is 16.2. The Hall–Kier alpha value is -3.68. The molecular weight excluding hydrogens is 358 g/mol. The van der Waals surface area contributed by atoms with Crippen molar-refractivity contribution in [2.75, 3.05) is 22.9 Å². The second-order valence-electron chi connectivity index (χ2n) is 6.84. The number of aromatic nitrogens is 1. The first-order valence-electron chi connectivity index (χ1n) is 8.88. The van der Waals surface area contributed by atoms with Gasteiger partial charge in [-0.05, 0) is 29.2 Å². The number of benzene rings is 1. The van der Waals surface area contributed by atoms with Gasteiger partial charge in [0.05, 0.1) is 5.56 Å². The number of nitrogen functional groups attached to an aromatic ring is 2. The lowest BCUT2D eigenvalue weighted by Crippen LogP contribution is -2.44. The molecule has 8 nitrogen and oxygen atoms in total. The number of nitrogens with two attached hydrogens (primary N) is 2. The molecular formula is C20H19N5O3. The summed E-state index contributed by atoms with van der Waals surface area (Å²) in [6.45, 7) is 1.48. The molecule has 2 heterocycles. The van der Waals surface area contributed by atoms with E-state index in [9.17, 15) is 14.4 Å². The molecule has 1 aliphatic rings. The number of carbonyl (C=O) groups excluding carboxylic acids is 1. The van der Waals surface area contributed by atoms with Gasteiger partial charge in [0, 0.05) is 37.7 Å². The number of pyridine rings is 1. The molecule has 142 valence electrons. The maximum absolute atomic E-state index is 12.3. The van der Waals surface area contributed by atoms with Crippen LogP contribution >= 0.6 is 0 Å². The number of amides is 1. The van der Waals surface area contributed by atoms with E-state index in [1.165, 1.54) is 18.0 Å². The third-order valence-corrected chi connectivity index (χ3v) is 5.07. The lowest BCUT2D eigenvalue weighted by Gasteiger charge is -2.32. The zero-order valence-corrected chi connectivity index (χ0v) is 15.1. The summed E-state index contributed by atoms with van der Waals surface area (Å²) in [7, 11) is 0. The first kappa shape index (κ1) is 17.7. The van der Waals surface area contributed by atoms with Gasteiger partial charge in [-0.3, -0.25) is 19.4 Å². The Balaban J connectivity index is 1.48.